The molecule has 0 unspecified atom stereocenters. The number of carbonyl (C=O) groups is 1. The number of nitrogens with zero attached hydrogens (tertiary/aromatic N) is 1. The van der Waals surface area contributed by atoms with Gasteiger partial charge in [-0.15, -0.1) is 23.1 Å². The van der Waals surface area contributed by atoms with Gasteiger partial charge in [-0.1, -0.05) is 12.1 Å². The van der Waals surface area contributed by atoms with Crippen LogP contribution in [0.3, 0.4) is 0 Å². The standard InChI is InChI=1S/C20H16F3NO3S2/c1-12-7-13(20(21,22)23)5-6-15(12)19-16(27-9-18(25)26)3-2-4-17(19)28-10-14-8-24-11-29-14/h2-8,11H,9-10H2,1H3,(H,25,26). The average molecular weight is 439 g/mol. The number of aliphatic carboxylic acids is 1. The van der Waals surface area contributed by atoms with E-state index in [1.807, 2.05) is 6.07 Å². The van der Waals surface area contributed by atoms with E-state index in [9.17, 15) is 18.0 Å². The second-order valence-corrected chi connectivity index (χ2v) is 8.08. The van der Waals surface area contributed by atoms with Gasteiger partial charge < -0.3 is 9.84 Å². The zero-order valence-corrected chi connectivity index (χ0v) is 16.8. The fraction of sp³-hybridized carbons (Fsp3) is 0.200. The molecule has 0 fully saturated rings. The molecule has 3 rings (SSSR count). The SMILES string of the molecule is Cc1cc(C(F)(F)F)ccc1-c1c(OCC(=O)O)cccc1SCc1cncs1. The number of thiazole rings is 1. The Morgan fingerprint density at radius 2 is 2.07 bits per heavy atom. The summed E-state index contributed by atoms with van der Waals surface area (Å²) in [5, 5.41) is 8.95. The third-order valence-corrected chi connectivity index (χ3v) is 6.08. The second-order valence-electron chi connectivity index (χ2n) is 6.10. The minimum Gasteiger partial charge on any atom is -0.481 e. The first kappa shape index (κ1) is 21.2. The van der Waals surface area contributed by atoms with Gasteiger partial charge in [0.1, 0.15) is 5.75 Å². The van der Waals surface area contributed by atoms with Crippen LogP contribution in [0, 0.1) is 6.92 Å². The highest BCUT2D eigenvalue weighted by atomic mass is 32.2. The highest BCUT2D eigenvalue weighted by Crippen LogP contribution is 2.42. The number of hydrogen-bond acceptors (Lipinski definition) is 5. The van der Waals surface area contributed by atoms with E-state index < -0.39 is 24.3 Å². The van der Waals surface area contributed by atoms with E-state index >= 15 is 0 Å². The first-order valence-electron chi connectivity index (χ1n) is 8.41. The number of benzene rings is 2. The van der Waals surface area contributed by atoms with Crippen LogP contribution in [-0.4, -0.2) is 22.7 Å². The molecule has 1 aromatic heterocycles. The van der Waals surface area contributed by atoms with Gasteiger partial charge in [-0.2, -0.15) is 13.2 Å². The molecule has 0 aliphatic carbocycles. The topological polar surface area (TPSA) is 59.4 Å². The number of carboxylic acid groups (broad SMARTS) is 1. The molecule has 0 saturated heterocycles. The summed E-state index contributed by atoms with van der Waals surface area (Å²) in [6, 6.07) is 8.69. The van der Waals surface area contributed by atoms with Crippen molar-refractivity contribution in [2.75, 3.05) is 6.61 Å². The van der Waals surface area contributed by atoms with Crippen LogP contribution in [0.1, 0.15) is 16.0 Å². The summed E-state index contributed by atoms with van der Waals surface area (Å²) < 4.78 is 44.6. The van der Waals surface area contributed by atoms with Crippen molar-refractivity contribution in [3.63, 3.8) is 0 Å². The van der Waals surface area contributed by atoms with E-state index in [0.29, 0.717) is 28.2 Å². The summed E-state index contributed by atoms with van der Waals surface area (Å²) in [7, 11) is 0. The Morgan fingerprint density at radius 3 is 2.69 bits per heavy atom. The molecule has 3 aromatic rings. The average Bonchev–Trinajstić information content (AvgIpc) is 3.17. The molecule has 9 heteroatoms. The van der Waals surface area contributed by atoms with Crippen molar-refractivity contribution in [1.29, 1.82) is 0 Å². The van der Waals surface area contributed by atoms with Crippen LogP contribution in [0.4, 0.5) is 13.2 Å². The highest BCUT2D eigenvalue weighted by molar-refractivity contribution is 7.98. The summed E-state index contributed by atoms with van der Waals surface area (Å²) in [5.74, 6) is -0.202. The summed E-state index contributed by atoms with van der Waals surface area (Å²) in [6.45, 7) is 1.05. The lowest BCUT2D eigenvalue weighted by Crippen LogP contribution is -2.10. The Balaban J connectivity index is 2.04. The van der Waals surface area contributed by atoms with Crippen molar-refractivity contribution in [3.05, 3.63) is 64.1 Å². The molecule has 0 aliphatic heterocycles. The molecule has 29 heavy (non-hydrogen) atoms. The first-order valence-corrected chi connectivity index (χ1v) is 10.3. The molecule has 0 amide bonds. The molecule has 0 saturated carbocycles. The number of halogens is 3. The lowest BCUT2D eigenvalue weighted by atomic mass is 9.97. The number of hydrogen-bond donors (Lipinski definition) is 1. The molecule has 0 spiro atoms. The molecule has 4 nitrogen and oxygen atoms in total. The van der Waals surface area contributed by atoms with Crippen molar-refractivity contribution in [3.8, 4) is 16.9 Å². The van der Waals surface area contributed by atoms with E-state index in [0.717, 1.165) is 21.9 Å². The molecule has 1 N–H and O–H groups in total. The third kappa shape index (κ3) is 5.30. The van der Waals surface area contributed by atoms with Gasteiger partial charge in [-0.3, -0.25) is 4.98 Å². The van der Waals surface area contributed by atoms with Crippen molar-refractivity contribution in [2.24, 2.45) is 0 Å². The van der Waals surface area contributed by atoms with Crippen molar-refractivity contribution < 1.29 is 27.8 Å². The maximum atomic E-state index is 13.0. The third-order valence-electron chi connectivity index (χ3n) is 4.02. The first-order chi connectivity index (χ1) is 13.8. The van der Waals surface area contributed by atoms with Gasteiger partial charge in [-0.25, -0.2) is 4.79 Å². The maximum absolute atomic E-state index is 13.0. The van der Waals surface area contributed by atoms with Crippen LogP contribution in [0.25, 0.3) is 11.1 Å². The van der Waals surface area contributed by atoms with Crippen LogP contribution < -0.4 is 4.74 Å². The zero-order valence-electron chi connectivity index (χ0n) is 15.2. The predicted octanol–water partition coefficient (Wildman–Crippen LogP) is 5.89. The fourth-order valence-electron chi connectivity index (χ4n) is 2.74. The van der Waals surface area contributed by atoms with E-state index in [4.69, 9.17) is 9.84 Å². The minimum atomic E-state index is -4.44. The van der Waals surface area contributed by atoms with Gasteiger partial charge in [0.2, 0.25) is 0 Å². The minimum absolute atomic E-state index is 0.310. The van der Waals surface area contributed by atoms with Crippen LogP contribution in [0.15, 0.2) is 53.0 Å². The monoisotopic (exact) mass is 439 g/mol. The van der Waals surface area contributed by atoms with Crippen LogP contribution in [-0.2, 0) is 16.7 Å². The molecule has 0 atom stereocenters. The number of carboxylic acids is 1. The second kappa shape index (κ2) is 8.87. The summed E-state index contributed by atoms with van der Waals surface area (Å²) >= 11 is 2.99. The molecule has 2 aromatic carbocycles. The predicted molar refractivity (Wildman–Crippen MR) is 106 cm³/mol. The molecule has 1 heterocycles. The van der Waals surface area contributed by atoms with Gasteiger partial charge in [0, 0.05) is 27.3 Å². The van der Waals surface area contributed by atoms with Gasteiger partial charge in [-0.05, 0) is 42.3 Å². The van der Waals surface area contributed by atoms with Gasteiger partial charge in [0.25, 0.3) is 0 Å². The lowest BCUT2D eigenvalue weighted by molar-refractivity contribution is -0.139. The summed E-state index contributed by atoms with van der Waals surface area (Å²) in [6.07, 6.45) is -2.68. The maximum Gasteiger partial charge on any atom is 0.416 e. The smallest absolute Gasteiger partial charge is 0.416 e. The molecular weight excluding hydrogens is 423 g/mol. The number of aromatic nitrogens is 1. The number of ether oxygens (including phenoxy) is 1. The van der Waals surface area contributed by atoms with Crippen molar-refractivity contribution in [1.82, 2.24) is 4.98 Å². The van der Waals surface area contributed by atoms with Crippen LogP contribution >= 0.6 is 23.1 Å². The number of rotatable bonds is 7. The molecule has 152 valence electrons. The normalized spacial score (nSPS) is 11.4. The van der Waals surface area contributed by atoms with Gasteiger partial charge >= 0.3 is 12.1 Å². The highest BCUT2D eigenvalue weighted by Gasteiger charge is 2.31. The molecule has 0 aliphatic rings. The van der Waals surface area contributed by atoms with Crippen molar-refractivity contribution >= 4 is 29.1 Å². The number of thioether (sulfide) groups is 1. The van der Waals surface area contributed by atoms with E-state index in [2.05, 4.69) is 4.98 Å². The fourth-order valence-corrected chi connectivity index (χ4v) is 4.47. The quantitative estimate of drug-likeness (QED) is 0.465. The zero-order chi connectivity index (χ0) is 21.0. The largest absolute Gasteiger partial charge is 0.481 e. The summed E-state index contributed by atoms with van der Waals surface area (Å²) in [5.41, 5.74) is 2.55. The Kier molecular flexibility index (Phi) is 6.49. The van der Waals surface area contributed by atoms with Crippen LogP contribution in [0.2, 0.25) is 0 Å². The van der Waals surface area contributed by atoms with Gasteiger partial charge in [0.15, 0.2) is 6.61 Å². The number of alkyl halides is 3. The molecule has 0 radical (unpaired) electrons. The Bertz CT molecular complexity index is 1000. The van der Waals surface area contributed by atoms with E-state index in [-0.39, 0.29) is 0 Å². The lowest BCUT2D eigenvalue weighted by Gasteiger charge is -2.18. The Hall–Kier alpha value is -2.52. The summed E-state index contributed by atoms with van der Waals surface area (Å²) in [4.78, 5) is 16.8. The van der Waals surface area contributed by atoms with E-state index in [1.54, 1.807) is 30.8 Å². The van der Waals surface area contributed by atoms with E-state index in [1.165, 1.54) is 29.2 Å². The number of aryl methyl sites for hydroxylation is 1. The van der Waals surface area contributed by atoms with Crippen molar-refractivity contribution in [2.45, 2.75) is 23.7 Å². The molecule has 0 bridgehead atoms. The Labute approximate surface area is 173 Å². The van der Waals surface area contributed by atoms with Crippen LogP contribution in [0.5, 0.6) is 5.75 Å². The Morgan fingerprint density at radius 1 is 1.28 bits per heavy atom. The van der Waals surface area contributed by atoms with Gasteiger partial charge in [0.05, 0.1) is 11.1 Å². The molecular formula is C20H16F3NO3S2.